The van der Waals surface area contributed by atoms with E-state index in [1.165, 1.54) is 12.1 Å². The lowest BCUT2D eigenvalue weighted by atomic mass is 10.1. The van der Waals surface area contributed by atoms with Crippen LogP contribution >= 0.6 is 0 Å². The number of anilines is 1. The van der Waals surface area contributed by atoms with Gasteiger partial charge in [-0.25, -0.2) is 5.10 Å². The molecule has 1 amide bonds. The molecule has 0 fully saturated rings. The zero-order valence-electron chi connectivity index (χ0n) is 14.8. The number of nitrogens with zero attached hydrogens (tertiary/aromatic N) is 1. The summed E-state index contributed by atoms with van der Waals surface area (Å²) in [4.78, 5) is 23.3. The maximum atomic E-state index is 12.2. The number of carbonyl (C=O) groups excluding carboxylic acids is 1. The Balaban J connectivity index is 1.66. The van der Waals surface area contributed by atoms with Crippen molar-refractivity contribution in [1.82, 2.24) is 10.2 Å². The fourth-order valence-corrected chi connectivity index (χ4v) is 2.46. The van der Waals surface area contributed by atoms with Crippen molar-refractivity contribution in [3.05, 3.63) is 82.7 Å². The Kier molecular flexibility index (Phi) is 5.79. The van der Waals surface area contributed by atoms with Gasteiger partial charge in [0.05, 0.1) is 12.3 Å². The van der Waals surface area contributed by atoms with Crippen LogP contribution in [-0.4, -0.2) is 22.7 Å². The number of rotatable bonds is 6. The van der Waals surface area contributed by atoms with Crippen LogP contribution in [0.15, 0.2) is 71.5 Å². The molecule has 6 nitrogen and oxygen atoms in total. The number of nitrogens with one attached hydrogen (secondary N) is 2. The van der Waals surface area contributed by atoms with Crippen LogP contribution in [0.4, 0.5) is 5.69 Å². The first kappa shape index (κ1) is 18.1. The SMILES string of the molecule is CCOc1ccc(/C=C/C(=O)Nc2cccc(-c3ccc(=O)[nH]n3)c2)cc1. The molecule has 0 aliphatic carbocycles. The van der Waals surface area contributed by atoms with E-state index >= 15 is 0 Å². The van der Waals surface area contributed by atoms with Crippen molar-refractivity contribution in [1.29, 1.82) is 0 Å². The predicted octanol–water partition coefficient (Wildman–Crippen LogP) is 3.49. The number of aromatic amines is 1. The summed E-state index contributed by atoms with van der Waals surface area (Å²) >= 11 is 0. The molecule has 0 aliphatic rings. The maximum absolute atomic E-state index is 12.2. The lowest BCUT2D eigenvalue weighted by molar-refractivity contribution is -0.111. The molecule has 136 valence electrons. The molecule has 0 unspecified atom stereocenters. The average molecular weight is 361 g/mol. The molecule has 0 aliphatic heterocycles. The van der Waals surface area contributed by atoms with Gasteiger partial charge in [0, 0.05) is 23.4 Å². The fourth-order valence-electron chi connectivity index (χ4n) is 2.46. The van der Waals surface area contributed by atoms with Crippen LogP contribution in [0.5, 0.6) is 5.75 Å². The molecule has 0 spiro atoms. The van der Waals surface area contributed by atoms with Gasteiger partial charge in [0.1, 0.15) is 5.75 Å². The number of ether oxygens (including phenoxy) is 1. The normalized spacial score (nSPS) is 10.7. The van der Waals surface area contributed by atoms with Crippen molar-refractivity contribution in [3.63, 3.8) is 0 Å². The highest BCUT2D eigenvalue weighted by Gasteiger charge is 2.03. The smallest absolute Gasteiger partial charge is 0.264 e. The third-order valence-electron chi connectivity index (χ3n) is 3.72. The Hall–Kier alpha value is -3.67. The van der Waals surface area contributed by atoms with Crippen molar-refractivity contribution >= 4 is 17.7 Å². The second kappa shape index (κ2) is 8.62. The number of aromatic nitrogens is 2. The van der Waals surface area contributed by atoms with E-state index in [0.29, 0.717) is 18.0 Å². The molecule has 1 heterocycles. The topological polar surface area (TPSA) is 84.1 Å². The molecule has 6 heteroatoms. The van der Waals surface area contributed by atoms with Gasteiger partial charge in [0.15, 0.2) is 0 Å². The van der Waals surface area contributed by atoms with Gasteiger partial charge in [-0.3, -0.25) is 9.59 Å². The Morgan fingerprint density at radius 3 is 2.67 bits per heavy atom. The van der Waals surface area contributed by atoms with E-state index in [4.69, 9.17) is 4.74 Å². The Bertz CT molecular complexity index is 987. The van der Waals surface area contributed by atoms with Gasteiger partial charge in [-0.15, -0.1) is 0 Å². The first-order chi connectivity index (χ1) is 13.1. The number of H-pyrrole nitrogens is 1. The van der Waals surface area contributed by atoms with E-state index in [2.05, 4.69) is 15.5 Å². The Morgan fingerprint density at radius 2 is 1.96 bits per heavy atom. The number of hydrogen-bond donors (Lipinski definition) is 2. The second-order valence-corrected chi connectivity index (χ2v) is 5.71. The lowest BCUT2D eigenvalue weighted by Gasteiger charge is -2.05. The van der Waals surface area contributed by atoms with Crippen LogP contribution in [0.1, 0.15) is 12.5 Å². The summed E-state index contributed by atoms with van der Waals surface area (Å²) in [5, 5.41) is 9.20. The van der Waals surface area contributed by atoms with Crippen LogP contribution < -0.4 is 15.6 Å². The minimum Gasteiger partial charge on any atom is -0.494 e. The Morgan fingerprint density at radius 1 is 1.15 bits per heavy atom. The average Bonchev–Trinajstić information content (AvgIpc) is 2.68. The van der Waals surface area contributed by atoms with Gasteiger partial charge >= 0.3 is 0 Å². The van der Waals surface area contributed by atoms with Gasteiger partial charge < -0.3 is 10.1 Å². The van der Waals surface area contributed by atoms with E-state index in [9.17, 15) is 9.59 Å². The molecule has 3 aromatic rings. The summed E-state index contributed by atoms with van der Waals surface area (Å²) in [6.07, 6.45) is 3.21. The summed E-state index contributed by atoms with van der Waals surface area (Å²) < 4.78 is 5.39. The second-order valence-electron chi connectivity index (χ2n) is 5.71. The minimum atomic E-state index is -0.261. The van der Waals surface area contributed by atoms with E-state index in [1.807, 2.05) is 43.3 Å². The molecular formula is C21H19N3O3. The van der Waals surface area contributed by atoms with Crippen molar-refractivity contribution in [2.75, 3.05) is 11.9 Å². The van der Waals surface area contributed by atoms with Crippen molar-refractivity contribution < 1.29 is 9.53 Å². The molecule has 0 bridgehead atoms. The van der Waals surface area contributed by atoms with E-state index in [0.717, 1.165) is 16.9 Å². The first-order valence-corrected chi connectivity index (χ1v) is 8.52. The third kappa shape index (κ3) is 5.15. The van der Waals surface area contributed by atoms with Crippen molar-refractivity contribution in [3.8, 4) is 17.0 Å². The standard InChI is InChI=1S/C21H19N3O3/c1-2-27-18-9-6-15(7-10-18)8-12-20(25)22-17-5-3-4-16(14-17)19-11-13-21(26)24-23-19/h3-14H,2H2,1H3,(H,22,25)(H,24,26)/b12-8+. The van der Waals surface area contributed by atoms with Crippen LogP contribution in [0.25, 0.3) is 17.3 Å². The van der Waals surface area contributed by atoms with Crippen molar-refractivity contribution in [2.24, 2.45) is 0 Å². The molecule has 0 saturated heterocycles. The fraction of sp³-hybridized carbons (Fsp3) is 0.0952. The van der Waals surface area contributed by atoms with E-state index in [-0.39, 0.29) is 11.5 Å². The van der Waals surface area contributed by atoms with Gasteiger partial charge in [0.2, 0.25) is 5.91 Å². The largest absolute Gasteiger partial charge is 0.494 e. The molecule has 1 aromatic heterocycles. The summed E-state index contributed by atoms with van der Waals surface area (Å²) in [6, 6.07) is 17.8. The Labute approximate surface area is 156 Å². The van der Waals surface area contributed by atoms with Crippen LogP contribution in [0.3, 0.4) is 0 Å². The summed E-state index contributed by atoms with van der Waals surface area (Å²) in [5.74, 6) is 0.558. The molecule has 0 atom stereocenters. The summed E-state index contributed by atoms with van der Waals surface area (Å²) in [6.45, 7) is 2.55. The van der Waals surface area contributed by atoms with E-state index < -0.39 is 0 Å². The lowest BCUT2D eigenvalue weighted by Crippen LogP contribution is -2.08. The van der Waals surface area contributed by atoms with Gasteiger partial charge in [-0.05, 0) is 48.9 Å². The van der Waals surface area contributed by atoms with Gasteiger partial charge in [0.25, 0.3) is 5.56 Å². The first-order valence-electron chi connectivity index (χ1n) is 8.52. The van der Waals surface area contributed by atoms with Crippen LogP contribution in [0.2, 0.25) is 0 Å². The number of amides is 1. The number of hydrogen-bond acceptors (Lipinski definition) is 4. The zero-order valence-corrected chi connectivity index (χ0v) is 14.8. The maximum Gasteiger partial charge on any atom is 0.264 e. The van der Waals surface area contributed by atoms with Crippen molar-refractivity contribution in [2.45, 2.75) is 6.92 Å². The summed E-state index contributed by atoms with van der Waals surface area (Å²) in [5.41, 5.74) is 2.69. The number of carbonyl (C=O) groups is 1. The molecular weight excluding hydrogens is 342 g/mol. The van der Waals surface area contributed by atoms with Gasteiger partial charge in [-0.1, -0.05) is 24.3 Å². The monoisotopic (exact) mass is 361 g/mol. The molecule has 0 radical (unpaired) electrons. The van der Waals surface area contributed by atoms with Gasteiger partial charge in [-0.2, -0.15) is 5.10 Å². The molecule has 0 saturated carbocycles. The molecule has 2 N–H and O–H groups in total. The highest BCUT2D eigenvalue weighted by atomic mass is 16.5. The third-order valence-corrected chi connectivity index (χ3v) is 3.72. The molecule has 3 rings (SSSR count). The van der Waals surface area contributed by atoms with Crippen LogP contribution in [-0.2, 0) is 4.79 Å². The highest BCUT2D eigenvalue weighted by Crippen LogP contribution is 2.20. The zero-order chi connectivity index (χ0) is 19.1. The van der Waals surface area contributed by atoms with E-state index in [1.54, 1.807) is 24.3 Å². The molecule has 27 heavy (non-hydrogen) atoms. The number of benzene rings is 2. The predicted molar refractivity (Wildman–Crippen MR) is 106 cm³/mol. The summed E-state index contributed by atoms with van der Waals surface area (Å²) in [7, 11) is 0. The van der Waals surface area contributed by atoms with Crippen LogP contribution in [0, 0.1) is 0 Å². The highest BCUT2D eigenvalue weighted by molar-refractivity contribution is 6.02. The minimum absolute atomic E-state index is 0.240. The quantitative estimate of drug-likeness (QED) is 0.658. The molecule has 2 aromatic carbocycles.